The number of quaternary nitrogens is 1. The molecule has 0 aromatic heterocycles. The van der Waals surface area contributed by atoms with E-state index in [2.05, 4.69) is 5.32 Å². The van der Waals surface area contributed by atoms with Crippen molar-refractivity contribution in [1.29, 1.82) is 0 Å². The molecule has 2 amide bonds. The Morgan fingerprint density at radius 2 is 1.86 bits per heavy atom. The summed E-state index contributed by atoms with van der Waals surface area (Å²) in [6.45, 7) is 4.75. The maximum Gasteiger partial charge on any atom is 0.278 e. The zero-order valence-electron chi connectivity index (χ0n) is 17.2. The average Bonchev–Trinajstić information content (AvgIpc) is 2.72. The van der Waals surface area contributed by atoms with Crippen LogP contribution in [0.2, 0.25) is 5.02 Å². The number of para-hydroxylation sites is 2. The van der Waals surface area contributed by atoms with E-state index in [4.69, 9.17) is 16.3 Å². The maximum absolute atomic E-state index is 12.7. The molecular weight excluding hydrogens is 390 g/mol. The van der Waals surface area contributed by atoms with Gasteiger partial charge in [-0.15, -0.1) is 0 Å². The van der Waals surface area contributed by atoms with Crippen LogP contribution < -0.4 is 15.4 Å². The Kier molecular flexibility index (Phi) is 8.96. The van der Waals surface area contributed by atoms with Gasteiger partial charge in [-0.25, -0.2) is 0 Å². The van der Waals surface area contributed by atoms with Crippen molar-refractivity contribution < 1.29 is 19.6 Å². The van der Waals surface area contributed by atoms with E-state index in [9.17, 15) is 9.59 Å². The lowest BCUT2D eigenvalue weighted by Gasteiger charge is -2.22. The van der Waals surface area contributed by atoms with E-state index >= 15 is 0 Å². The summed E-state index contributed by atoms with van der Waals surface area (Å²) in [5, 5.41) is 5.44. The van der Waals surface area contributed by atoms with Crippen LogP contribution in [0, 0.1) is 0 Å². The van der Waals surface area contributed by atoms with Crippen molar-refractivity contribution in [1.82, 2.24) is 4.90 Å². The van der Waals surface area contributed by atoms with Crippen LogP contribution in [0.1, 0.15) is 31.9 Å². The molecule has 0 unspecified atom stereocenters. The summed E-state index contributed by atoms with van der Waals surface area (Å²) < 4.78 is 5.25. The monoisotopic (exact) mass is 418 g/mol. The highest BCUT2D eigenvalue weighted by Gasteiger charge is 2.21. The lowest BCUT2D eigenvalue weighted by atomic mass is 10.1. The number of nitrogens with one attached hydrogen (secondary N) is 1. The van der Waals surface area contributed by atoms with Crippen LogP contribution in [-0.4, -0.2) is 43.5 Å². The number of amides is 2. The first kappa shape index (κ1) is 22.7. The molecule has 0 aliphatic carbocycles. The predicted octanol–water partition coefficient (Wildman–Crippen LogP) is 2.85. The third kappa shape index (κ3) is 6.76. The van der Waals surface area contributed by atoms with Gasteiger partial charge in [-0.3, -0.25) is 9.59 Å². The second-order valence-corrected chi connectivity index (χ2v) is 7.22. The summed E-state index contributed by atoms with van der Waals surface area (Å²) in [7, 11) is 1.55. The van der Waals surface area contributed by atoms with Crippen LogP contribution in [-0.2, 0) is 9.59 Å². The number of rotatable bonds is 10. The van der Waals surface area contributed by atoms with Crippen molar-refractivity contribution in [3.63, 3.8) is 0 Å². The molecule has 1 atom stereocenters. The van der Waals surface area contributed by atoms with Crippen LogP contribution in [0.3, 0.4) is 0 Å². The predicted molar refractivity (Wildman–Crippen MR) is 115 cm³/mol. The number of carbonyl (C=O) groups is 2. The summed E-state index contributed by atoms with van der Waals surface area (Å²) in [4.78, 5) is 26.8. The molecule has 0 saturated carbocycles. The zero-order valence-corrected chi connectivity index (χ0v) is 17.9. The molecule has 0 fully saturated rings. The van der Waals surface area contributed by atoms with E-state index in [-0.39, 0.29) is 30.9 Å². The smallest absolute Gasteiger partial charge is 0.278 e. The van der Waals surface area contributed by atoms with Crippen LogP contribution in [0.5, 0.6) is 5.75 Å². The minimum atomic E-state index is -0.254. The van der Waals surface area contributed by atoms with Crippen LogP contribution in [0.4, 0.5) is 5.69 Å². The fraction of sp³-hybridized carbons (Fsp3) is 0.364. The molecular formula is C22H29ClN3O3+. The van der Waals surface area contributed by atoms with Gasteiger partial charge in [0.1, 0.15) is 18.3 Å². The van der Waals surface area contributed by atoms with Gasteiger partial charge in [0.05, 0.1) is 12.8 Å². The normalized spacial score (nSPS) is 11.6. The zero-order chi connectivity index (χ0) is 21.2. The van der Waals surface area contributed by atoms with E-state index in [1.54, 1.807) is 24.1 Å². The molecule has 156 valence electrons. The molecule has 6 nitrogen and oxygen atoms in total. The quantitative estimate of drug-likeness (QED) is 0.623. The van der Waals surface area contributed by atoms with Gasteiger partial charge in [-0.2, -0.15) is 0 Å². The van der Waals surface area contributed by atoms with Gasteiger partial charge in [0.15, 0.2) is 6.54 Å². The van der Waals surface area contributed by atoms with Crippen molar-refractivity contribution in [3.8, 4) is 5.75 Å². The molecule has 0 aliphatic rings. The fourth-order valence-corrected chi connectivity index (χ4v) is 3.36. The molecule has 2 rings (SSSR count). The summed E-state index contributed by atoms with van der Waals surface area (Å²) in [6, 6.07) is 14.8. The molecule has 0 heterocycles. The Hall–Kier alpha value is -2.57. The number of halogens is 1. The first-order chi connectivity index (χ1) is 14.0. The van der Waals surface area contributed by atoms with Crippen molar-refractivity contribution in [2.45, 2.75) is 26.3 Å². The molecule has 2 aromatic carbocycles. The minimum Gasteiger partial charge on any atom is -0.495 e. The van der Waals surface area contributed by atoms with Crippen molar-refractivity contribution in [2.75, 3.05) is 32.1 Å². The average molecular weight is 419 g/mol. The minimum absolute atomic E-state index is 0.000956. The first-order valence-corrected chi connectivity index (χ1v) is 10.1. The number of methoxy groups -OCH3 is 1. The molecule has 0 radical (unpaired) electrons. The molecule has 0 spiro atoms. The molecule has 2 aromatic rings. The maximum atomic E-state index is 12.7. The fourth-order valence-electron chi connectivity index (χ4n) is 3.05. The molecule has 0 aliphatic heterocycles. The second-order valence-electron chi connectivity index (χ2n) is 6.81. The van der Waals surface area contributed by atoms with Gasteiger partial charge in [-0.1, -0.05) is 48.9 Å². The largest absolute Gasteiger partial charge is 0.495 e. The Labute approximate surface area is 177 Å². The highest BCUT2D eigenvalue weighted by atomic mass is 35.5. The SMILES string of the molecule is CCCN(CC(=O)Nc1ccccc1OC)C(=O)C[NH2+][C@@H](C)c1ccccc1Cl. The van der Waals surface area contributed by atoms with Crippen molar-refractivity contribution >= 4 is 29.1 Å². The Morgan fingerprint density at radius 3 is 2.55 bits per heavy atom. The number of nitrogens with two attached hydrogens (primary N) is 1. The Bertz CT molecular complexity index is 828. The molecule has 0 saturated heterocycles. The van der Waals surface area contributed by atoms with E-state index in [1.165, 1.54) is 0 Å². The van der Waals surface area contributed by atoms with E-state index in [1.807, 2.05) is 55.6 Å². The highest BCUT2D eigenvalue weighted by molar-refractivity contribution is 6.31. The lowest BCUT2D eigenvalue weighted by Crippen LogP contribution is -2.87. The van der Waals surface area contributed by atoms with E-state index < -0.39 is 0 Å². The molecule has 7 heteroatoms. The third-order valence-corrected chi connectivity index (χ3v) is 4.95. The number of nitrogens with zero attached hydrogens (tertiary/aromatic N) is 1. The summed E-state index contributed by atoms with van der Waals surface area (Å²) in [6.07, 6.45) is 0.772. The van der Waals surface area contributed by atoms with Gasteiger partial charge in [-0.05, 0) is 31.5 Å². The lowest BCUT2D eigenvalue weighted by molar-refractivity contribution is -0.683. The number of benzene rings is 2. The third-order valence-electron chi connectivity index (χ3n) is 4.60. The van der Waals surface area contributed by atoms with Crippen molar-refractivity contribution in [2.24, 2.45) is 0 Å². The summed E-state index contributed by atoms with van der Waals surface area (Å²) >= 11 is 6.24. The first-order valence-electron chi connectivity index (χ1n) is 9.74. The molecule has 29 heavy (non-hydrogen) atoms. The number of carbonyl (C=O) groups excluding carboxylic acids is 2. The Balaban J connectivity index is 1.94. The number of ether oxygens (including phenoxy) is 1. The van der Waals surface area contributed by atoms with Gasteiger partial charge >= 0.3 is 0 Å². The molecule has 3 N–H and O–H groups in total. The number of hydrogen-bond acceptors (Lipinski definition) is 3. The summed E-state index contributed by atoms with van der Waals surface area (Å²) in [5.41, 5.74) is 1.57. The Morgan fingerprint density at radius 1 is 1.17 bits per heavy atom. The highest BCUT2D eigenvalue weighted by Crippen LogP contribution is 2.23. The standard InChI is InChI=1S/C22H28ClN3O3/c1-4-13-26(15-21(27)25-19-11-7-8-12-20(19)29-3)22(28)14-24-16(2)17-9-5-6-10-18(17)23/h5-12,16,24H,4,13-15H2,1-3H3,(H,25,27)/p+1/t16-/m0/s1. The van der Waals surface area contributed by atoms with Crippen LogP contribution in [0.25, 0.3) is 0 Å². The summed E-state index contributed by atoms with van der Waals surface area (Å²) in [5.74, 6) is 0.243. The van der Waals surface area contributed by atoms with Crippen LogP contribution in [0.15, 0.2) is 48.5 Å². The molecule has 0 bridgehead atoms. The van der Waals surface area contributed by atoms with Gasteiger partial charge < -0.3 is 20.3 Å². The number of anilines is 1. The number of hydrogen-bond donors (Lipinski definition) is 2. The van der Waals surface area contributed by atoms with Crippen LogP contribution >= 0.6 is 11.6 Å². The second kappa shape index (κ2) is 11.4. The topological polar surface area (TPSA) is 75.2 Å². The van der Waals surface area contributed by atoms with E-state index in [0.717, 1.165) is 12.0 Å². The van der Waals surface area contributed by atoms with Crippen molar-refractivity contribution in [3.05, 3.63) is 59.1 Å². The van der Waals surface area contributed by atoms with Gasteiger partial charge in [0.25, 0.3) is 5.91 Å². The van der Waals surface area contributed by atoms with Gasteiger partial charge in [0, 0.05) is 17.1 Å². The van der Waals surface area contributed by atoms with E-state index in [0.29, 0.717) is 23.0 Å². The van der Waals surface area contributed by atoms with Gasteiger partial charge in [0.2, 0.25) is 5.91 Å².